The van der Waals surface area contributed by atoms with Crippen LogP contribution in [0.5, 0.6) is 0 Å². The van der Waals surface area contributed by atoms with Crippen molar-refractivity contribution in [2.45, 2.75) is 56.7 Å². The Hall–Kier alpha value is -0.930. The zero-order valence-corrected chi connectivity index (χ0v) is 15.5. The zero-order chi connectivity index (χ0) is 17.8. The molecule has 9 heteroatoms. The molecule has 1 aliphatic heterocycles. The molecule has 0 saturated carbocycles. The molecule has 1 rings (SSSR count). The number of carbonyl (C=O) groups excluding carboxylic acids is 2. The van der Waals surface area contributed by atoms with Crippen LogP contribution in [0, 0.1) is 0 Å². The molecule has 24 heavy (non-hydrogen) atoms. The Kier molecular flexibility index (Phi) is 10.9. The number of nitrogens with one attached hydrogen (secondary N) is 2. The Morgan fingerprint density at radius 1 is 1.33 bits per heavy atom. The number of ether oxygens (including phenoxy) is 1. The third-order valence-electron chi connectivity index (χ3n) is 3.49. The minimum Gasteiger partial charge on any atom is -0.481 e. The van der Waals surface area contributed by atoms with Crippen LogP contribution in [-0.2, 0) is 19.1 Å². The highest BCUT2D eigenvalue weighted by Crippen LogP contribution is 2.39. The molecule has 0 bridgehead atoms. The lowest BCUT2D eigenvalue weighted by Gasteiger charge is -2.17. The standard InChI is InChI=1S/C15H26N2O5S2/c1-2-22-10-16-15(21)12(9-14(19)20)17-13(18)6-4-3-5-11-7-8-23-24-11/h11-12H,2-10H2,1H3,(H,16,21)(H,17,18)(H,19,20). The highest BCUT2D eigenvalue weighted by Gasteiger charge is 2.23. The first-order valence-electron chi connectivity index (χ1n) is 8.17. The molecule has 138 valence electrons. The molecule has 0 aromatic carbocycles. The van der Waals surface area contributed by atoms with Crippen molar-refractivity contribution in [3.63, 3.8) is 0 Å². The van der Waals surface area contributed by atoms with E-state index in [4.69, 9.17) is 9.84 Å². The van der Waals surface area contributed by atoms with Crippen LogP contribution in [-0.4, -0.2) is 53.3 Å². The maximum absolute atomic E-state index is 11.9. The molecule has 1 fully saturated rings. The van der Waals surface area contributed by atoms with Gasteiger partial charge in [-0.25, -0.2) is 0 Å². The van der Waals surface area contributed by atoms with Gasteiger partial charge in [0.05, 0.1) is 6.42 Å². The minimum atomic E-state index is -1.14. The van der Waals surface area contributed by atoms with Crippen molar-refractivity contribution in [1.82, 2.24) is 10.6 Å². The molecule has 2 atom stereocenters. The maximum atomic E-state index is 11.9. The summed E-state index contributed by atoms with van der Waals surface area (Å²) in [5.41, 5.74) is 0. The van der Waals surface area contributed by atoms with Gasteiger partial charge < -0.3 is 20.5 Å². The van der Waals surface area contributed by atoms with Crippen molar-refractivity contribution in [2.75, 3.05) is 19.1 Å². The molecule has 1 aliphatic rings. The van der Waals surface area contributed by atoms with Gasteiger partial charge in [0.2, 0.25) is 11.8 Å². The van der Waals surface area contributed by atoms with Crippen LogP contribution in [0.25, 0.3) is 0 Å². The van der Waals surface area contributed by atoms with Crippen LogP contribution in [0.15, 0.2) is 0 Å². The maximum Gasteiger partial charge on any atom is 0.305 e. The number of hydrogen-bond donors (Lipinski definition) is 3. The first-order valence-corrected chi connectivity index (χ1v) is 10.6. The van der Waals surface area contributed by atoms with Gasteiger partial charge in [0.1, 0.15) is 12.8 Å². The predicted molar refractivity (Wildman–Crippen MR) is 95.7 cm³/mol. The number of hydrogen-bond acceptors (Lipinski definition) is 6. The lowest BCUT2D eigenvalue weighted by atomic mass is 10.1. The molecule has 1 saturated heterocycles. The van der Waals surface area contributed by atoms with Gasteiger partial charge in [-0.3, -0.25) is 14.4 Å². The molecular formula is C15H26N2O5S2. The molecule has 0 aliphatic carbocycles. The van der Waals surface area contributed by atoms with Gasteiger partial charge >= 0.3 is 5.97 Å². The number of amides is 2. The van der Waals surface area contributed by atoms with E-state index in [1.165, 1.54) is 12.2 Å². The van der Waals surface area contributed by atoms with E-state index in [-0.39, 0.29) is 12.6 Å². The van der Waals surface area contributed by atoms with Crippen LogP contribution >= 0.6 is 21.6 Å². The molecule has 2 unspecified atom stereocenters. The van der Waals surface area contributed by atoms with E-state index in [2.05, 4.69) is 10.6 Å². The second kappa shape index (κ2) is 12.4. The Morgan fingerprint density at radius 3 is 2.75 bits per heavy atom. The quantitative estimate of drug-likeness (QED) is 0.270. The van der Waals surface area contributed by atoms with Crippen molar-refractivity contribution in [1.29, 1.82) is 0 Å². The molecule has 2 amide bonds. The van der Waals surface area contributed by atoms with Crippen molar-refractivity contribution in [3.8, 4) is 0 Å². The van der Waals surface area contributed by atoms with Crippen LogP contribution in [0.1, 0.15) is 45.4 Å². The highest BCUT2D eigenvalue weighted by atomic mass is 33.1. The monoisotopic (exact) mass is 378 g/mol. The number of carbonyl (C=O) groups is 3. The third-order valence-corrected chi connectivity index (χ3v) is 6.50. The topological polar surface area (TPSA) is 105 Å². The Morgan fingerprint density at radius 2 is 2.12 bits per heavy atom. The molecule has 0 spiro atoms. The van der Waals surface area contributed by atoms with E-state index < -0.39 is 24.3 Å². The van der Waals surface area contributed by atoms with Gasteiger partial charge in [-0.2, -0.15) is 0 Å². The molecule has 3 N–H and O–H groups in total. The summed E-state index contributed by atoms with van der Waals surface area (Å²) in [6, 6.07) is -1.07. The molecular weight excluding hydrogens is 352 g/mol. The molecule has 0 aromatic heterocycles. The number of carboxylic acids is 1. The first kappa shape index (κ1) is 21.1. The summed E-state index contributed by atoms with van der Waals surface area (Å²) in [7, 11) is 3.82. The second-order valence-electron chi connectivity index (χ2n) is 5.47. The average Bonchev–Trinajstić information content (AvgIpc) is 3.04. The van der Waals surface area contributed by atoms with Crippen molar-refractivity contribution >= 4 is 39.4 Å². The summed E-state index contributed by atoms with van der Waals surface area (Å²) in [5, 5.41) is 14.5. The molecule has 7 nitrogen and oxygen atoms in total. The minimum absolute atomic E-state index is 0.00160. The largest absolute Gasteiger partial charge is 0.481 e. The third kappa shape index (κ3) is 9.39. The lowest BCUT2D eigenvalue weighted by Crippen LogP contribution is -2.48. The fraction of sp³-hybridized carbons (Fsp3) is 0.800. The summed E-state index contributed by atoms with van der Waals surface area (Å²) in [5.74, 6) is -0.772. The Labute approximate surface area is 150 Å². The average molecular weight is 379 g/mol. The van der Waals surface area contributed by atoms with E-state index in [9.17, 15) is 14.4 Å². The van der Waals surface area contributed by atoms with Crippen molar-refractivity contribution in [3.05, 3.63) is 0 Å². The van der Waals surface area contributed by atoms with Gasteiger partial charge in [-0.15, -0.1) is 0 Å². The molecule has 0 aromatic rings. The number of aliphatic carboxylic acids is 1. The fourth-order valence-electron chi connectivity index (χ4n) is 2.22. The van der Waals surface area contributed by atoms with Gasteiger partial charge in [0.25, 0.3) is 0 Å². The van der Waals surface area contributed by atoms with Gasteiger partial charge in [0.15, 0.2) is 0 Å². The van der Waals surface area contributed by atoms with Crippen molar-refractivity contribution in [2.24, 2.45) is 0 Å². The normalized spacial score (nSPS) is 18.1. The smallest absolute Gasteiger partial charge is 0.305 e. The van der Waals surface area contributed by atoms with Crippen LogP contribution in [0.3, 0.4) is 0 Å². The van der Waals surface area contributed by atoms with Gasteiger partial charge in [0, 0.05) is 24.0 Å². The number of carboxylic acid groups (broad SMARTS) is 1. The Bertz CT molecular complexity index is 417. The molecule has 1 heterocycles. The zero-order valence-electron chi connectivity index (χ0n) is 13.9. The summed E-state index contributed by atoms with van der Waals surface area (Å²) in [6.07, 6.45) is 3.89. The van der Waals surface area contributed by atoms with E-state index >= 15 is 0 Å². The van der Waals surface area contributed by atoms with Crippen LogP contribution in [0.2, 0.25) is 0 Å². The Balaban J connectivity index is 2.28. The number of unbranched alkanes of at least 4 members (excludes halogenated alkanes) is 1. The van der Waals surface area contributed by atoms with E-state index in [1.54, 1.807) is 6.92 Å². The summed E-state index contributed by atoms with van der Waals surface area (Å²) < 4.78 is 5.00. The first-order chi connectivity index (χ1) is 11.5. The summed E-state index contributed by atoms with van der Waals surface area (Å²) in [4.78, 5) is 34.7. The van der Waals surface area contributed by atoms with Crippen molar-refractivity contribution < 1.29 is 24.2 Å². The predicted octanol–water partition coefficient (Wildman–Crippen LogP) is 1.77. The fourth-order valence-corrected chi connectivity index (χ4v) is 5.25. The summed E-state index contributed by atoms with van der Waals surface area (Å²) >= 11 is 0. The lowest BCUT2D eigenvalue weighted by molar-refractivity contribution is -0.141. The SMILES string of the molecule is CCOCNC(=O)C(CC(=O)O)NC(=O)CCCCC1CCSS1. The number of rotatable bonds is 12. The van der Waals surface area contributed by atoms with Gasteiger partial charge in [-0.05, 0) is 26.2 Å². The van der Waals surface area contributed by atoms with Crippen LogP contribution < -0.4 is 10.6 Å². The summed E-state index contributed by atoms with van der Waals surface area (Å²) in [6.45, 7) is 2.22. The van der Waals surface area contributed by atoms with E-state index in [0.717, 1.165) is 19.3 Å². The highest BCUT2D eigenvalue weighted by molar-refractivity contribution is 8.77. The molecule has 0 radical (unpaired) electrons. The van der Waals surface area contributed by atoms with E-state index in [1.807, 2.05) is 21.6 Å². The van der Waals surface area contributed by atoms with Crippen LogP contribution in [0.4, 0.5) is 0 Å². The second-order valence-corrected chi connectivity index (χ2v) is 8.26. The van der Waals surface area contributed by atoms with Gasteiger partial charge in [-0.1, -0.05) is 28.0 Å². The van der Waals surface area contributed by atoms with E-state index in [0.29, 0.717) is 18.3 Å².